The predicted molar refractivity (Wildman–Crippen MR) is 81.6 cm³/mol. The fraction of sp³-hybridized carbons (Fsp3) is 0.588. The lowest BCUT2D eigenvalue weighted by Gasteiger charge is -2.44. The van der Waals surface area contributed by atoms with E-state index in [1.54, 1.807) is 0 Å². The lowest BCUT2D eigenvalue weighted by Crippen LogP contribution is -2.49. The molecule has 0 aromatic heterocycles. The standard InChI is InChI=1S/C17H24N2O/c1-12-9-14(11-15(18)10-12)17(20)19-8-4-6-13-5-2-3-7-16(13)19/h9-11,13,16H,2-8,18H2,1H3. The van der Waals surface area contributed by atoms with Crippen molar-refractivity contribution < 1.29 is 4.79 Å². The van der Waals surface area contributed by atoms with Gasteiger partial charge in [0.15, 0.2) is 0 Å². The van der Waals surface area contributed by atoms with Crippen molar-refractivity contribution in [2.75, 3.05) is 12.3 Å². The number of carbonyl (C=O) groups is 1. The Morgan fingerprint density at radius 1 is 1.15 bits per heavy atom. The Bertz CT molecular complexity index is 489. The number of anilines is 1. The molecule has 0 spiro atoms. The second-order valence-electron chi connectivity index (χ2n) is 6.39. The van der Waals surface area contributed by atoms with Crippen molar-refractivity contribution in [3.05, 3.63) is 29.3 Å². The van der Waals surface area contributed by atoms with E-state index in [4.69, 9.17) is 5.73 Å². The van der Waals surface area contributed by atoms with Crippen molar-refractivity contribution in [1.29, 1.82) is 0 Å². The van der Waals surface area contributed by atoms with Gasteiger partial charge in [-0.15, -0.1) is 0 Å². The molecule has 0 radical (unpaired) electrons. The molecule has 2 aliphatic rings. The van der Waals surface area contributed by atoms with Crippen LogP contribution in [0.5, 0.6) is 0 Å². The monoisotopic (exact) mass is 272 g/mol. The molecule has 1 aromatic carbocycles. The van der Waals surface area contributed by atoms with E-state index in [0.29, 0.717) is 11.7 Å². The summed E-state index contributed by atoms with van der Waals surface area (Å²) in [7, 11) is 0. The van der Waals surface area contributed by atoms with E-state index in [-0.39, 0.29) is 5.91 Å². The summed E-state index contributed by atoms with van der Waals surface area (Å²) in [6, 6.07) is 6.16. The van der Waals surface area contributed by atoms with Crippen molar-refractivity contribution >= 4 is 11.6 Å². The minimum absolute atomic E-state index is 0.178. The van der Waals surface area contributed by atoms with Gasteiger partial charge in [-0.25, -0.2) is 0 Å². The lowest BCUT2D eigenvalue weighted by atomic mass is 9.78. The van der Waals surface area contributed by atoms with Crippen LogP contribution < -0.4 is 5.73 Å². The van der Waals surface area contributed by atoms with Crippen LogP contribution in [0.15, 0.2) is 18.2 Å². The molecule has 1 saturated heterocycles. The van der Waals surface area contributed by atoms with Gasteiger partial charge in [-0.05, 0) is 62.3 Å². The first-order chi connectivity index (χ1) is 9.65. The molecule has 1 amide bonds. The Labute approximate surface area is 121 Å². The van der Waals surface area contributed by atoms with Crippen molar-refractivity contribution in [1.82, 2.24) is 4.90 Å². The number of aryl methyl sites for hydroxylation is 1. The number of hydrogen-bond acceptors (Lipinski definition) is 2. The summed E-state index contributed by atoms with van der Waals surface area (Å²) in [5, 5.41) is 0. The molecule has 1 aliphatic carbocycles. The zero-order valence-corrected chi connectivity index (χ0v) is 12.3. The number of fused-ring (bicyclic) bond motifs is 1. The summed E-state index contributed by atoms with van der Waals surface area (Å²) >= 11 is 0. The van der Waals surface area contributed by atoms with Crippen molar-refractivity contribution in [3.8, 4) is 0 Å². The van der Waals surface area contributed by atoms with Crippen molar-refractivity contribution in [2.24, 2.45) is 5.92 Å². The molecule has 0 bridgehead atoms. The fourth-order valence-electron chi connectivity index (χ4n) is 3.98. The van der Waals surface area contributed by atoms with E-state index in [2.05, 4.69) is 4.90 Å². The van der Waals surface area contributed by atoms with E-state index in [9.17, 15) is 4.79 Å². The van der Waals surface area contributed by atoms with E-state index < -0.39 is 0 Å². The molecule has 2 unspecified atom stereocenters. The Morgan fingerprint density at radius 2 is 1.90 bits per heavy atom. The highest BCUT2D eigenvalue weighted by molar-refractivity contribution is 5.95. The van der Waals surface area contributed by atoms with E-state index >= 15 is 0 Å². The van der Waals surface area contributed by atoms with Gasteiger partial charge in [0.2, 0.25) is 0 Å². The molecule has 1 heterocycles. The smallest absolute Gasteiger partial charge is 0.254 e. The highest BCUT2D eigenvalue weighted by Crippen LogP contribution is 2.36. The first-order valence-electron chi connectivity index (χ1n) is 7.83. The molecule has 2 atom stereocenters. The zero-order valence-electron chi connectivity index (χ0n) is 12.3. The van der Waals surface area contributed by atoms with Crippen LogP contribution in [-0.4, -0.2) is 23.4 Å². The predicted octanol–water partition coefficient (Wildman–Crippen LogP) is 3.37. The Morgan fingerprint density at radius 3 is 2.70 bits per heavy atom. The number of carbonyl (C=O) groups excluding carboxylic acids is 1. The number of piperidine rings is 1. The van der Waals surface area contributed by atoms with E-state index in [1.807, 2.05) is 25.1 Å². The number of amides is 1. The fourth-order valence-corrected chi connectivity index (χ4v) is 3.98. The maximum atomic E-state index is 12.8. The molecular weight excluding hydrogens is 248 g/mol. The quantitative estimate of drug-likeness (QED) is 0.797. The van der Waals surface area contributed by atoms with Crippen LogP contribution in [0.3, 0.4) is 0 Å². The van der Waals surface area contributed by atoms with Crippen LogP contribution in [-0.2, 0) is 0 Å². The molecule has 1 aliphatic heterocycles. The molecule has 108 valence electrons. The van der Waals surface area contributed by atoms with Gasteiger partial charge >= 0.3 is 0 Å². The number of benzene rings is 1. The van der Waals surface area contributed by atoms with Crippen LogP contribution >= 0.6 is 0 Å². The van der Waals surface area contributed by atoms with Gasteiger partial charge in [-0.1, -0.05) is 12.8 Å². The maximum absolute atomic E-state index is 12.8. The zero-order chi connectivity index (χ0) is 14.1. The molecule has 3 heteroatoms. The van der Waals surface area contributed by atoms with Gasteiger partial charge < -0.3 is 10.6 Å². The normalized spacial score (nSPS) is 26.1. The Hall–Kier alpha value is -1.51. The average molecular weight is 272 g/mol. The third kappa shape index (κ3) is 2.54. The van der Waals surface area contributed by atoms with Gasteiger partial charge in [-0.3, -0.25) is 4.79 Å². The summed E-state index contributed by atoms with van der Waals surface area (Å²) < 4.78 is 0. The molecule has 1 saturated carbocycles. The molecule has 2 fully saturated rings. The molecular formula is C17H24N2O. The summed E-state index contributed by atoms with van der Waals surface area (Å²) in [4.78, 5) is 15.0. The number of hydrogen-bond donors (Lipinski definition) is 1. The first kappa shape index (κ1) is 13.5. The number of rotatable bonds is 1. The van der Waals surface area contributed by atoms with Gasteiger partial charge in [0.05, 0.1) is 0 Å². The minimum Gasteiger partial charge on any atom is -0.399 e. The second kappa shape index (κ2) is 5.47. The SMILES string of the molecule is Cc1cc(N)cc(C(=O)N2CCCC3CCCCC32)c1. The summed E-state index contributed by atoms with van der Waals surface area (Å²) in [6.45, 7) is 2.90. The molecule has 2 N–H and O–H groups in total. The number of likely N-dealkylation sites (tertiary alicyclic amines) is 1. The molecule has 20 heavy (non-hydrogen) atoms. The molecule has 3 nitrogen and oxygen atoms in total. The lowest BCUT2D eigenvalue weighted by molar-refractivity contribution is 0.0390. The van der Waals surface area contributed by atoms with E-state index in [0.717, 1.165) is 30.0 Å². The highest BCUT2D eigenvalue weighted by Gasteiger charge is 2.35. The summed E-state index contributed by atoms with van der Waals surface area (Å²) in [6.07, 6.45) is 7.52. The average Bonchev–Trinajstić information content (AvgIpc) is 2.45. The number of nitrogen functional groups attached to an aromatic ring is 1. The summed E-state index contributed by atoms with van der Waals surface area (Å²) in [5.74, 6) is 0.903. The third-order valence-corrected chi connectivity index (χ3v) is 4.85. The Kier molecular flexibility index (Phi) is 3.68. The largest absolute Gasteiger partial charge is 0.399 e. The Balaban J connectivity index is 1.84. The van der Waals surface area contributed by atoms with Gasteiger partial charge in [0.25, 0.3) is 5.91 Å². The van der Waals surface area contributed by atoms with Gasteiger partial charge in [-0.2, -0.15) is 0 Å². The molecule has 3 rings (SSSR count). The van der Waals surface area contributed by atoms with Crippen LogP contribution in [0.1, 0.15) is 54.4 Å². The number of nitrogens with two attached hydrogens (primary N) is 1. The van der Waals surface area contributed by atoms with Gasteiger partial charge in [0, 0.05) is 23.8 Å². The van der Waals surface area contributed by atoms with Gasteiger partial charge in [0.1, 0.15) is 0 Å². The topological polar surface area (TPSA) is 46.3 Å². The summed E-state index contributed by atoms with van der Waals surface area (Å²) in [5.41, 5.74) is 8.39. The second-order valence-corrected chi connectivity index (χ2v) is 6.39. The third-order valence-electron chi connectivity index (χ3n) is 4.85. The minimum atomic E-state index is 0.178. The van der Waals surface area contributed by atoms with Crippen LogP contribution in [0.2, 0.25) is 0 Å². The first-order valence-corrected chi connectivity index (χ1v) is 7.83. The van der Waals surface area contributed by atoms with Crippen molar-refractivity contribution in [3.63, 3.8) is 0 Å². The maximum Gasteiger partial charge on any atom is 0.254 e. The molecule has 1 aromatic rings. The van der Waals surface area contributed by atoms with Crippen molar-refractivity contribution in [2.45, 2.75) is 51.5 Å². The van der Waals surface area contributed by atoms with Crippen LogP contribution in [0.25, 0.3) is 0 Å². The number of nitrogens with zero attached hydrogens (tertiary/aromatic N) is 1. The van der Waals surface area contributed by atoms with Crippen LogP contribution in [0.4, 0.5) is 5.69 Å². The van der Waals surface area contributed by atoms with E-state index in [1.165, 1.54) is 32.1 Å². The highest BCUT2D eigenvalue weighted by atomic mass is 16.2. The van der Waals surface area contributed by atoms with Crippen LogP contribution in [0, 0.1) is 12.8 Å².